The van der Waals surface area contributed by atoms with Gasteiger partial charge in [-0.2, -0.15) is 0 Å². The normalized spacial score (nSPS) is 13.1. The zero-order valence-electron chi connectivity index (χ0n) is 20.2. The van der Waals surface area contributed by atoms with Gasteiger partial charge in [-0.05, 0) is 58.2 Å². The smallest absolute Gasteiger partial charge is 0.408 e. The Morgan fingerprint density at radius 3 is 2.19 bits per heavy atom. The molecule has 1 aromatic carbocycles. The van der Waals surface area contributed by atoms with Crippen LogP contribution in [0.5, 0.6) is 5.75 Å². The number of ether oxygens (including phenoxy) is 1. The van der Waals surface area contributed by atoms with Crippen LogP contribution in [0, 0.1) is 0 Å². The molecule has 0 saturated carbocycles. The van der Waals surface area contributed by atoms with Crippen molar-refractivity contribution < 1.29 is 24.2 Å². The number of hydrogen-bond acceptors (Lipinski definition) is 5. The number of amides is 3. The average molecular weight is 450 g/mol. The quantitative estimate of drug-likeness (QED) is 0.444. The molecule has 0 aromatic heterocycles. The van der Waals surface area contributed by atoms with Crippen LogP contribution in [0.3, 0.4) is 0 Å². The summed E-state index contributed by atoms with van der Waals surface area (Å²) in [5.41, 5.74) is -0.103. The Morgan fingerprint density at radius 2 is 1.66 bits per heavy atom. The Labute approximate surface area is 191 Å². The molecule has 0 aliphatic heterocycles. The van der Waals surface area contributed by atoms with E-state index in [1.54, 1.807) is 39.8 Å². The van der Waals surface area contributed by atoms with Gasteiger partial charge in [-0.3, -0.25) is 9.59 Å². The lowest BCUT2D eigenvalue weighted by Crippen LogP contribution is -2.52. The van der Waals surface area contributed by atoms with Gasteiger partial charge in [0.25, 0.3) is 0 Å². The summed E-state index contributed by atoms with van der Waals surface area (Å²) in [5.74, 6) is -0.601. The lowest BCUT2D eigenvalue weighted by Gasteiger charge is -2.33. The Balaban J connectivity index is 3.20. The molecule has 2 atom stereocenters. The van der Waals surface area contributed by atoms with E-state index in [1.807, 2.05) is 13.8 Å². The molecule has 0 saturated heterocycles. The molecule has 3 amide bonds. The van der Waals surface area contributed by atoms with E-state index >= 15 is 0 Å². The van der Waals surface area contributed by atoms with E-state index < -0.39 is 23.8 Å². The van der Waals surface area contributed by atoms with E-state index in [-0.39, 0.29) is 17.6 Å². The lowest BCUT2D eigenvalue weighted by molar-refractivity contribution is -0.142. The Kier molecular flexibility index (Phi) is 11.0. The van der Waals surface area contributed by atoms with Crippen molar-refractivity contribution in [1.82, 2.24) is 15.5 Å². The van der Waals surface area contributed by atoms with E-state index in [9.17, 15) is 19.5 Å². The highest BCUT2D eigenvalue weighted by atomic mass is 16.6. The number of carbonyl (C=O) groups is 3. The van der Waals surface area contributed by atoms with Crippen molar-refractivity contribution >= 4 is 17.9 Å². The molecule has 0 spiro atoms. The highest BCUT2D eigenvalue weighted by Crippen LogP contribution is 2.25. The van der Waals surface area contributed by atoms with E-state index in [2.05, 4.69) is 10.6 Å². The summed E-state index contributed by atoms with van der Waals surface area (Å²) in [4.78, 5) is 40.2. The van der Waals surface area contributed by atoms with Gasteiger partial charge in [0.15, 0.2) is 0 Å². The van der Waals surface area contributed by atoms with Crippen LogP contribution >= 0.6 is 0 Å². The van der Waals surface area contributed by atoms with Gasteiger partial charge in [0.1, 0.15) is 23.4 Å². The molecule has 0 aliphatic rings. The molecule has 8 nitrogen and oxygen atoms in total. The molecule has 3 N–H and O–H groups in total. The largest absolute Gasteiger partial charge is 0.508 e. The molecule has 0 heterocycles. The minimum absolute atomic E-state index is 0.0743. The summed E-state index contributed by atoms with van der Waals surface area (Å²) in [6.45, 7) is 11.7. The number of benzene rings is 1. The summed E-state index contributed by atoms with van der Waals surface area (Å²) < 4.78 is 5.26. The number of phenols is 1. The number of nitrogens with one attached hydrogen (secondary N) is 2. The lowest BCUT2D eigenvalue weighted by atomic mass is 10.0. The van der Waals surface area contributed by atoms with Gasteiger partial charge in [-0.1, -0.05) is 38.8 Å². The summed E-state index contributed by atoms with van der Waals surface area (Å²) >= 11 is 0. The molecular weight excluding hydrogens is 410 g/mol. The van der Waals surface area contributed by atoms with Crippen molar-refractivity contribution in [1.29, 1.82) is 0 Å². The number of nitrogens with zero attached hydrogens (tertiary/aromatic N) is 1. The van der Waals surface area contributed by atoms with Crippen molar-refractivity contribution in [3.63, 3.8) is 0 Å². The van der Waals surface area contributed by atoms with E-state index in [0.29, 0.717) is 25.1 Å². The molecule has 1 aromatic rings. The van der Waals surface area contributed by atoms with Crippen molar-refractivity contribution in [2.45, 2.75) is 84.9 Å². The maximum atomic E-state index is 13.4. The molecule has 32 heavy (non-hydrogen) atoms. The molecule has 180 valence electrons. The first-order chi connectivity index (χ1) is 15.0. The third kappa shape index (κ3) is 9.16. The minimum atomic E-state index is -0.884. The summed E-state index contributed by atoms with van der Waals surface area (Å²) in [6, 6.07) is 4.49. The van der Waals surface area contributed by atoms with Crippen molar-refractivity contribution in [2.75, 3.05) is 13.1 Å². The first-order valence-corrected chi connectivity index (χ1v) is 11.4. The first-order valence-electron chi connectivity index (χ1n) is 11.4. The second kappa shape index (κ2) is 12.9. The number of rotatable bonds is 11. The number of alkyl carbamates (subject to hydrolysis) is 1. The fourth-order valence-electron chi connectivity index (χ4n) is 3.10. The predicted octanol–water partition coefficient (Wildman–Crippen LogP) is 3.89. The van der Waals surface area contributed by atoms with Crippen LogP contribution in [0.2, 0.25) is 0 Å². The molecule has 0 fully saturated rings. The topological polar surface area (TPSA) is 108 Å². The Hall–Kier alpha value is -2.77. The van der Waals surface area contributed by atoms with Crippen LogP contribution in [-0.4, -0.2) is 52.6 Å². The monoisotopic (exact) mass is 449 g/mol. The van der Waals surface area contributed by atoms with Gasteiger partial charge in [-0.15, -0.1) is 0 Å². The van der Waals surface area contributed by atoms with E-state index in [0.717, 1.165) is 19.3 Å². The molecule has 2 unspecified atom stereocenters. The van der Waals surface area contributed by atoms with Gasteiger partial charge in [0, 0.05) is 13.1 Å². The Morgan fingerprint density at radius 1 is 1.06 bits per heavy atom. The van der Waals surface area contributed by atoms with Crippen LogP contribution in [0.25, 0.3) is 0 Å². The van der Waals surface area contributed by atoms with Crippen LogP contribution in [0.1, 0.15) is 78.8 Å². The fourth-order valence-corrected chi connectivity index (χ4v) is 3.10. The van der Waals surface area contributed by atoms with Crippen LogP contribution in [0.4, 0.5) is 4.79 Å². The summed E-state index contributed by atoms with van der Waals surface area (Å²) in [7, 11) is 0. The average Bonchev–Trinajstić information content (AvgIpc) is 2.70. The third-order valence-electron chi connectivity index (χ3n) is 4.74. The van der Waals surface area contributed by atoms with Crippen molar-refractivity contribution in [3.05, 3.63) is 29.8 Å². The molecule has 0 aliphatic carbocycles. The third-order valence-corrected chi connectivity index (χ3v) is 4.74. The van der Waals surface area contributed by atoms with E-state index in [1.165, 1.54) is 17.0 Å². The van der Waals surface area contributed by atoms with Crippen LogP contribution < -0.4 is 10.6 Å². The second-order valence-corrected chi connectivity index (χ2v) is 8.89. The van der Waals surface area contributed by atoms with Crippen molar-refractivity contribution in [2.24, 2.45) is 0 Å². The summed E-state index contributed by atoms with van der Waals surface area (Å²) in [5, 5.41) is 15.2. The number of aromatic hydroxyl groups is 1. The maximum absolute atomic E-state index is 13.4. The number of unbranched alkanes of at least 4 members (excludes halogenated alkanes) is 2. The zero-order valence-corrected chi connectivity index (χ0v) is 20.2. The highest BCUT2D eigenvalue weighted by Gasteiger charge is 2.34. The molecule has 8 heteroatoms. The number of hydrogen-bond donors (Lipinski definition) is 3. The zero-order chi connectivity index (χ0) is 24.3. The first kappa shape index (κ1) is 27.3. The number of phenolic OH excluding ortho intramolecular Hbond substituents is 1. The van der Waals surface area contributed by atoms with Crippen LogP contribution in [0.15, 0.2) is 24.3 Å². The Bertz CT molecular complexity index is 743. The fraction of sp³-hybridized carbons (Fsp3) is 0.625. The second-order valence-electron chi connectivity index (χ2n) is 8.89. The van der Waals surface area contributed by atoms with Gasteiger partial charge in [0.05, 0.1) is 0 Å². The molecule has 0 radical (unpaired) electrons. The molecular formula is C24H39N3O5. The van der Waals surface area contributed by atoms with E-state index in [4.69, 9.17) is 4.74 Å². The van der Waals surface area contributed by atoms with Gasteiger partial charge in [0.2, 0.25) is 11.8 Å². The van der Waals surface area contributed by atoms with Crippen molar-refractivity contribution in [3.8, 4) is 5.75 Å². The standard InChI is InChI=1S/C24H39N3O5/c1-7-9-15-25-21(29)20(18-11-13-19(28)14-12-18)27(16-10-8-2)22(30)17(3)26-23(31)32-24(4,5)6/h11-14,17,20,28H,7-10,15-16H2,1-6H3,(H,25,29)(H,26,31). The highest BCUT2D eigenvalue weighted by molar-refractivity contribution is 5.92. The molecule has 1 rings (SSSR count). The van der Waals surface area contributed by atoms with Gasteiger partial charge >= 0.3 is 6.09 Å². The maximum Gasteiger partial charge on any atom is 0.408 e. The SMILES string of the molecule is CCCCNC(=O)C(c1ccc(O)cc1)N(CCCC)C(=O)C(C)NC(=O)OC(C)(C)C. The number of carbonyl (C=O) groups excluding carboxylic acids is 3. The summed E-state index contributed by atoms with van der Waals surface area (Å²) in [6.07, 6.45) is 2.59. The van der Waals surface area contributed by atoms with Gasteiger partial charge < -0.3 is 25.4 Å². The molecule has 0 bridgehead atoms. The minimum Gasteiger partial charge on any atom is -0.508 e. The van der Waals surface area contributed by atoms with Crippen LogP contribution in [-0.2, 0) is 14.3 Å². The van der Waals surface area contributed by atoms with Gasteiger partial charge in [-0.25, -0.2) is 4.79 Å². The predicted molar refractivity (Wildman–Crippen MR) is 124 cm³/mol.